The Kier molecular flexibility index (Phi) is 4.35. The Morgan fingerprint density at radius 3 is 2.83 bits per heavy atom. The van der Waals surface area contributed by atoms with Crippen LogP contribution < -0.4 is 0 Å². The molecule has 3 saturated heterocycles. The Hall–Kier alpha value is -1.04. The van der Waals surface area contributed by atoms with Gasteiger partial charge in [0, 0.05) is 44.1 Å². The summed E-state index contributed by atoms with van der Waals surface area (Å²) in [5, 5.41) is 9.97. The van der Waals surface area contributed by atoms with Gasteiger partial charge in [0.05, 0.1) is 18.0 Å². The number of aliphatic hydroxyl groups excluding tert-OH is 1. The minimum absolute atomic E-state index is 0.312. The number of nitrogens with zero attached hydrogens (tertiary/aromatic N) is 4. The quantitative estimate of drug-likeness (QED) is 0.915. The molecule has 126 valence electrons. The molecule has 3 aliphatic rings. The largest absolute Gasteiger partial charge is 0.395 e. The number of aromatic nitrogens is 2. The number of hydrogen-bond acceptors (Lipinski definition) is 5. The minimum atomic E-state index is 0.312. The molecule has 5 nitrogen and oxygen atoms in total. The van der Waals surface area contributed by atoms with Crippen molar-refractivity contribution in [3.63, 3.8) is 0 Å². The Morgan fingerprint density at radius 2 is 2.04 bits per heavy atom. The Morgan fingerprint density at radius 1 is 1.17 bits per heavy atom. The van der Waals surface area contributed by atoms with E-state index in [0.29, 0.717) is 24.6 Å². The standard InChI is InChI=1S/C18H28N4O/c1-13-7-20-16(8-19-13)11-21-9-14-6-15(10-21)18(12-23)22-5-3-2-4-17(14)22/h7-8,14-15,17-18,23H,2-6,9-12H2,1H3/t14-,15+,17+,18+/m1/s1. The average molecular weight is 316 g/mol. The van der Waals surface area contributed by atoms with Gasteiger partial charge in [-0.05, 0) is 44.6 Å². The van der Waals surface area contributed by atoms with Gasteiger partial charge >= 0.3 is 0 Å². The molecule has 1 aromatic rings. The summed E-state index contributed by atoms with van der Waals surface area (Å²) in [5.41, 5.74) is 2.04. The third kappa shape index (κ3) is 3.02. The highest BCUT2D eigenvalue weighted by Gasteiger charge is 2.46. The van der Waals surface area contributed by atoms with Gasteiger partial charge < -0.3 is 5.11 Å². The zero-order valence-electron chi connectivity index (χ0n) is 14.1. The first-order valence-corrected chi connectivity index (χ1v) is 9.11. The van der Waals surface area contributed by atoms with Crippen molar-refractivity contribution in [2.24, 2.45) is 11.8 Å². The smallest absolute Gasteiger partial charge is 0.0727 e. The number of piperidine rings is 3. The van der Waals surface area contributed by atoms with Crippen molar-refractivity contribution in [1.82, 2.24) is 19.8 Å². The van der Waals surface area contributed by atoms with Crippen LogP contribution in [0.3, 0.4) is 0 Å². The van der Waals surface area contributed by atoms with E-state index >= 15 is 0 Å². The number of fused-ring (bicyclic) bond motifs is 4. The first kappa shape index (κ1) is 15.5. The van der Waals surface area contributed by atoms with Gasteiger partial charge in [0.25, 0.3) is 0 Å². The molecular weight excluding hydrogens is 288 g/mol. The molecule has 3 aliphatic heterocycles. The number of hydrogen-bond donors (Lipinski definition) is 1. The van der Waals surface area contributed by atoms with E-state index in [1.807, 2.05) is 19.3 Å². The molecule has 0 aromatic carbocycles. The molecule has 0 spiro atoms. The molecule has 0 radical (unpaired) electrons. The monoisotopic (exact) mass is 316 g/mol. The fourth-order valence-corrected chi connectivity index (χ4v) is 5.11. The number of likely N-dealkylation sites (tertiary alicyclic amines) is 1. The van der Waals surface area contributed by atoms with Crippen LogP contribution in [0.1, 0.15) is 37.1 Å². The Balaban J connectivity index is 1.49. The van der Waals surface area contributed by atoms with E-state index in [-0.39, 0.29) is 0 Å². The van der Waals surface area contributed by atoms with Crippen molar-refractivity contribution in [2.75, 3.05) is 26.2 Å². The first-order valence-electron chi connectivity index (χ1n) is 9.11. The fraction of sp³-hybridized carbons (Fsp3) is 0.778. The molecule has 2 bridgehead atoms. The van der Waals surface area contributed by atoms with E-state index in [2.05, 4.69) is 19.8 Å². The molecule has 1 N–H and O–H groups in total. The lowest BCUT2D eigenvalue weighted by atomic mass is 9.72. The molecule has 0 saturated carbocycles. The van der Waals surface area contributed by atoms with Crippen molar-refractivity contribution in [3.05, 3.63) is 23.8 Å². The molecule has 23 heavy (non-hydrogen) atoms. The lowest BCUT2D eigenvalue weighted by molar-refractivity contribution is -0.0876. The molecule has 4 rings (SSSR count). The van der Waals surface area contributed by atoms with Crippen molar-refractivity contribution >= 4 is 0 Å². The molecule has 1 aromatic heterocycles. The summed E-state index contributed by atoms with van der Waals surface area (Å²) in [5.74, 6) is 1.36. The van der Waals surface area contributed by atoms with Gasteiger partial charge in [0.15, 0.2) is 0 Å². The summed E-state index contributed by atoms with van der Waals surface area (Å²) in [6.45, 7) is 6.63. The molecular formula is C18H28N4O. The van der Waals surface area contributed by atoms with Crippen molar-refractivity contribution in [1.29, 1.82) is 0 Å². The minimum Gasteiger partial charge on any atom is -0.395 e. The van der Waals surface area contributed by atoms with Crippen LogP contribution in [0.2, 0.25) is 0 Å². The summed E-state index contributed by atoms with van der Waals surface area (Å²) >= 11 is 0. The van der Waals surface area contributed by atoms with Crippen molar-refractivity contribution in [2.45, 2.75) is 51.2 Å². The lowest BCUT2D eigenvalue weighted by Gasteiger charge is -2.56. The predicted molar refractivity (Wildman–Crippen MR) is 88.9 cm³/mol. The van der Waals surface area contributed by atoms with Gasteiger partial charge in [-0.15, -0.1) is 0 Å². The van der Waals surface area contributed by atoms with E-state index in [9.17, 15) is 5.11 Å². The average Bonchev–Trinajstić information content (AvgIpc) is 2.57. The van der Waals surface area contributed by atoms with E-state index in [1.54, 1.807) is 0 Å². The summed E-state index contributed by atoms with van der Waals surface area (Å²) < 4.78 is 0. The zero-order chi connectivity index (χ0) is 15.8. The summed E-state index contributed by atoms with van der Waals surface area (Å²) in [6.07, 6.45) is 9.03. The number of aliphatic hydroxyl groups is 1. The van der Waals surface area contributed by atoms with Gasteiger partial charge in [0.1, 0.15) is 0 Å². The molecule has 5 heteroatoms. The van der Waals surface area contributed by atoms with E-state index in [4.69, 9.17) is 0 Å². The van der Waals surface area contributed by atoms with Crippen LogP contribution in [0.5, 0.6) is 0 Å². The Bertz CT molecular complexity index is 520. The Labute approximate surface area is 138 Å². The number of rotatable bonds is 3. The van der Waals surface area contributed by atoms with Crippen LogP contribution >= 0.6 is 0 Å². The highest BCUT2D eigenvalue weighted by atomic mass is 16.3. The second-order valence-corrected chi connectivity index (χ2v) is 7.65. The van der Waals surface area contributed by atoms with Gasteiger partial charge in [-0.3, -0.25) is 19.8 Å². The SMILES string of the molecule is Cc1cnc(CN2C[C@H]3C[C@@H](C2)[C@H](CO)N2CCCC[C@@H]32)cn1. The van der Waals surface area contributed by atoms with Crippen LogP contribution in [0.25, 0.3) is 0 Å². The van der Waals surface area contributed by atoms with E-state index in [1.165, 1.54) is 38.8 Å². The fourth-order valence-electron chi connectivity index (χ4n) is 5.11. The van der Waals surface area contributed by atoms with Crippen LogP contribution in [0.15, 0.2) is 12.4 Å². The van der Waals surface area contributed by atoms with Gasteiger partial charge in [-0.1, -0.05) is 6.42 Å². The summed E-state index contributed by atoms with van der Waals surface area (Å²) in [4.78, 5) is 14.1. The van der Waals surface area contributed by atoms with Crippen molar-refractivity contribution < 1.29 is 5.11 Å². The molecule has 0 unspecified atom stereocenters. The molecule has 0 amide bonds. The van der Waals surface area contributed by atoms with Crippen LogP contribution in [0.4, 0.5) is 0 Å². The maximum atomic E-state index is 9.97. The van der Waals surface area contributed by atoms with Crippen molar-refractivity contribution in [3.8, 4) is 0 Å². The third-order valence-corrected chi connectivity index (χ3v) is 6.10. The van der Waals surface area contributed by atoms with E-state index in [0.717, 1.165) is 30.4 Å². The van der Waals surface area contributed by atoms with Crippen LogP contribution in [-0.2, 0) is 6.54 Å². The van der Waals surface area contributed by atoms with Gasteiger partial charge in [-0.2, -0.15) is 0 Å². The zero-order valence-corrected chi connectivity index (χ0v) is 14.1. The topological polar surface area (TPSA) is 52.5 Å². The molecule has 4 heterocycles. The summed E-state index contributed by atoms with van der Waals surface area (Å²) in [6, 6.07) is 1.05. The first-order chi connectivity index (χ1) is 11.2. The predicted octanol–water partition coefficient (Wildman–Crippen LogP) is 1.45. The van der Waals surface area contributed by atoms with Crippen LogP contribution in [-0.4, -0.2) is 63.2 Å². The number of aryl methyl sites for hydroxylation is 1. The molecule has 0 aliphatic carbocycles. The molecule has 3 fully saturated rings. The normalized spacial score (nSPS) is 35.0. The van der Waals surface area contributed by atoms with Gasteiger partial charge in [0.2, 0.25) is 0 Å². The lowest BCUT2D eigenvalue weighted by Crippen LogP contribution is -2.64. The second-order valence-electron chi connectivity index (χ2n) is 7.65. The maximum Gasteiger partial charge on any atom is 0.0727 e. The summed E-state index contributed by atoms with van der Waals surface area (Å²) in [7, 11) is 0. The molecule has 4 atom stereocenters. The van der Waals surface area contributed by atoms with E-state index < -0.39 is 0 Å². The van der Waals surface area contributed by atoms with Crippen LogP contribution in [0, 0.1) is 18.8 Å². The maximum absolute atomic E-state index is 9.97. The highest BCUT2D eigenvalue weighted by Crippen LogP contribution is 2.41. The van der Waals surface area contributed by atoms with Gasteiger partial charge in [-0.25, -0.2) is 0 Å². The highest BCUT2D eigenvalue weighted by molar-refractivity contribution is 5.04. The third-order valence-electron chi connectivity index (χ3n) is 6.10. The second kappa shape index (κ2) is 6.46.